The molecule has 1 heterocycles. The number of hydrogen-bond acceptors (Lipinski definition) is 4. The van der Waals surface area contributed by atoms with Crippen LogP contribution in [0.4, 0.5) is 10.5 Å². The highest BCUT2D eigenvalue weighted by Crippen LogP contribution is 2.21. The molecular formula is C20H20BrN5O3S. The first-order chi connectivity index (χ1) is 14.1. The summed E-state index contributed by atoms with van der Waals surface area (Å²) in [5.41, 5.74) is 6.48. The average Bonchev–Trinajstić information content (AvgIpc) is 2.94. The SMILES string of the molecule is Cc1cc(/C=N/NC(=O)Nc2cccc(Br)c2)c(C)n1-c1ccc(S(N)(=O)=O)cc1. The molecule has 1 aromatic heterocycles. The van der Waals surface area contributed by atoms with Gasteiger partial charge in [0.05, 0.1) is 11.1 Å². The molecule has 3 aromatic rings. The Morgan fingerprint density at radius 1 is 1.13 bits per heavy atom. The summed E-state index contributed by atoms with van der Waals surface area (Å²) in [6.07, 6.45) is 1.55. The lowest BCUT2D eigenvalue weighted by Gasteiger charge is -2.10. The summed E-state index contributed by atoms with van der Waals surface area (Å²) in [4.78, 5) is 12.0. The molecule has 30 heavy (non-hydrogen) atoms. The minimum atomic E-state index is -3.74. The first kappa shape index (κ1) is 21.8. The number of nitrogens with two attached hydrogens (primary N) is 1. The Labute approximate surface area is 183 Å². The zero-order valence-electron chi connectivity index (χ0n) is 16.3. The third-order valence-electron chi connectivity index (χ3n) is 4.35. The molecule has 4 N–H and O–H groups in total. The smallest absolute Gasteiger partial charge is 0.318 e. The predicted octanol–water partition coefficient (Wildman–Crippen LogP) is 3.66. The van der Waals surface area contributed by atoms with Crippen LogP contribution in [-0.2, 0) is 10.0 Å². The molecule has 0 spiro atoms. The van der Waals surface area contributed by atoms with E-state index in [0.717, 1.165) is 27.1 Å². The summed E-state index contributed by atoms with van der Waals surface area (Å²) in [5.74, 6) is 0. The zero-order chi connectivity index (χ0) is 21.9. The van der Waals surface area contributed by atoms with Crippen molar-refractivity contribution in [1.82, 2.24) is 9.99 Å². The van der Waals surface area contributed by atoms with E-state index in [1.807, 2.05) is 36.6 Å². The van der Waals surface area contributed by atoms with E-state index in [-0.39, 0.29) is 4.90 Å². The van der Waals surface area contributed by atoms with Crippen molar-refractivity contribution < 1.29 is 13.2 Å². The average molecular weight is 490 g/mol. The molecular weight excluding hydrogens is 470 g/mol. The van der Waals surface area contributed by atoms with Crippen molar-refractivity contribution in [3.05, 3.63) is 76.0 Å². The highest BCUT2D eigenvalue weighted by Gasteiger charge is 2.12. The van der Waals surface area contributed by atoms with Gasteiger partial charge >= 0.3 is 6.03 Å². The van der Waals surface area contributed by atoms with Crippen molar-refractivity contribution in [2.45, 2.75) is 18.7 Å². The van der Waals surface area contributed by atoms with Gasteiger partial charge in [-0.3, -0.25) is 0 Å². The Hall–Kier alpha value is -2.95. The van der Waals surface area contributed by atoms with Gasteiger partial charge in [0.1, 0.15) is 0 Å². The molecule has 0 bridgehead atoms. The summed E-state index contributed by atoms with van der Waals surface area (Å²) in [7, 11) is -3.74. The molecule has 0 saturated carbocycles. The van der Waals surface area contributed by atoms with Gasteiger partial charge in [-0.1, -0.05) is 22.0 Å². The molecule has 0 aliphatic rings. The largest absolute Gasteiger partial charge is 0.339 e. The predicted molar refractivity (Wildman–Crippen MR) is 121 cm³/mol. The van der Waals surface area contributed by atoms with E-state index in [0.29, 0.717) is 5.69 Å². The van der Waals surface area contributed by atoms with Crippen molar-refractivity contribution in [3.8, 4) is 5.69 Å². The number of primary sulfonamides is 1. The van der Waals surface area contributed by atoms with Gasteiger partial charge in [0, 0.05) is 32.8 Å². The number of aromatic nitrogens is 1. The molecule has 3 rings (SSSR count). The normalized spacial score (nSPS) is 11.6. The second-order valence-electron chi connectivity index (χ2n) is 6.54. The Morgan fingerprint density at radius 3 is 2.47 bits per heavy atom. The minimum absolute atomic E-state index is 0.0520. The van der Waals surface area contributed by atoms with Crippen LogP contribution >= 0.6 is 15.9 Å². The summed E-state index contributed by atoms with van der Waals surface area (Å²) in [6, 6.07) is 15.0. The maximum absolute atomic E-state index is 12.0. The first-order valence-corrected chi connectivity index (χ1v) is 11.2. The molecule has 0 fully saturated rings. The Bertz CT molecular complexity index is 1220. The zero-order valence-corrected chi connectivity index (χ0v) is 18.7. The fourth-order valence-electron chi connectivity index (χ4n) is 2.99. The minimum Gasteiger partial charge on any atom is -0.318 e. The molecule has 8 nitrogen and oxygen atoms in total. The number of nitrogens with zero attached hydrogens (tertiary/aromatic N) is 2. The molecule has 156 valence electrons. The number of halogens is 1. The second kappa shape index (κ2) is 8.82. The van der Waals surface area contributed by atoms with Crippen molar-refractivity contribution >= 4 is 43.9 Å². The molecule has 0 atom stereocenters. The number of hydrogen-bond donors (Lipinski definition) is 3. The van der Waals surface area contributed by atoms with Crippen LogP contribution in [0.5, 0.6) is 0 Å². The van der Waals surface area contributed by atoms with E-state index >= 15 is 0 Å². The highest BCUT2D eigenvalue weighted by atomic mass is 79.9. The van der Waals surface area contributed by atoms with Gasteiger partial charge < -0.3 is 9.88 Å². The maximum Gasteiger partial charge on any atom is 0.339 e. The maximum atomic E-state index is 12.0. The van der Waals surface area contributed by atoms with Crippen LogP contribution < -0.4 is 15.9 Å². The van der Waals surface area contributed by atoms with Gasteiger partial charge in [-0.15, -0.1) is 0 Å². The van der Waals surface area contributed by atoms with Gasteiger partial charge in [0.15, 0.2) is 0 Å². The number of carbonyl (C=O) groups excluding carboxylic acids is 1. The fraction of sp³-hybridized carbons (Fsp3) is 0.100. The van der Waals surface area contributed by atoms with E-state index in [9.17, 15) is 13.2 Å². The number of amides is 2. The number of urea groups is 1. The van der Waals surface area contributed by atoms with Crippen LogP contribution in [0, 0.1) is 13.8 Å². The third kappa shape index (κ3) is 5.15. The Kier molecular flexibility index (Phi) is 6.40. The quantitative estimate of drug-likeness (QED) is 0.374. The molecule has 0 aliphatic carbocycles. The molecule has 0 radical (unpaired) electrons. The molecule has 2 aromatic carbocycles. The number of sulfonamides is 1. The van der Waals surface area contributed by atoms with E-state index < -0.39 is 16.1 Å². The lowest BCUT2D eigenvalue weighted by Crippen LogP contribution is -2.24. The molecule has 0 aliphatic heterocycles. The fourth-order valence-corrected chi connectivity index (χ4v) is 3.90. The molecule has 0 unspecified atom stereocenters. The van der Waals surface area contributed by atoms with Crippen LogP contribution in [0.2, 0.25) is 0 Å². The van der Waals surface area contributed by atoms with Crippen LogP contribution in [-0.4, -0.2) is 25.2 Å². The summed E-state index contributed by atoms with van der Waals surface area (Å²) in [5, 5.41) is 11.8. The number of anilines is 1. The van der Waals surface area contributed by atoms with Crippen LogP contribution in [0.15, 0.2) is 69.1 Å². The van der Waals surface area contributed by atoms with Gasteiger partial charge in [0.2, 0.25) is 10.0 Å². The molecule has 2 amide bonds. The van der Waals surface area contributed by atoms with E-state index in [2.05, 4.69) is 31.8 Å². The number of rotatable bonds is 5. The van der Waals surface area contributed by atoms with E-state index in [1.165, 1.54) is 12.1 Å². The van der Waals surface area contributed by atoms with Gasteiger partial charge in [-0.2, -0.15) is 5.10 Å². The first-order valence-electron chi connectivity index (χ1n) is 8.83. The molecule has 10 heteroatoms. The van der Waals surface area contributed by atoms with Crippen molar-refractivity contribution in [1.29, 1.82) is 0 Å². The van der Waals surface area contributed by atoms with Gasteiger partial charge in [-0.25, -0.2) is 23.8 Å². The van der Waals surface area contributed by atoms with Crippen LogP contribution in [0.25, 0.3) is 5.69 Å². The van der Waals surface area contributed by atoms with E-state index in [4.69, 9.17) is 5.14 Å². The number of aryl methyl sites for hydroxylation is 1. The Balaban J connectivity index is 1.73. The summed E-state index contributed by atoms with van der Waals surface area (Å²) >= 11 is 3.35. The van der Waals surface area contributed by atoms with Crippen molar-refractivity contribution in [2.75, 3.05) is 5.32 Å². The van der Waals surface area contributed by atoms with Gasteiger partial charge in [0.25, 0.3) is 0 Å². The summed E-state index contributed by atoms with van der Waals surface area (Å²) < 4.78 is 25.7. The highest BCUT2D eigenvalue weighted by molar-refractivity contribution is 9.10. The summed E-state index contributed by atoms with van der Waals surface area (Å²) in [6.45, 7) is 3.83. The van der Waals surface area contributed by atoms with E-state index in [1.54, 1.807) is 30.5 Å². The van der Waals surface area contributed by atoms with Crippen molar-refractivity contribution in [2.24, 2.45) is 10.2 Å². The Morgan fingerprint density at radius 2 is 1.83 bits per heavy atom. The van der Waals surface area contributed by atoms with Crippen LogP contribution in [0.1, 0.15) is 17.0 Å². The number of benzene rings is 2. The monoisotopic (exact) mass is 489 g/mol. The second-order valence-corrected chi connectivity index (χ2v) is 9.01. The standard InChI is InChI=1S/C20H20BrN5O3S/c1-13-10-15(12-23-25-20(27)24-17-5-3-4-16(21)11-17)14(2)26(13)18-6-8-19(9-7-18)30(22,28)29/h3-12H,1-2H3,(H2,22,28,29)(H2,24,25,27)/b23-12+. The van der Waals surface area contributed by atoms with Gasteiger partial charge in [-0.05, 0) is 62.4 Å². The van der Waals surface area contributed by atoms with Crippen LogP contribution in [0.3, 0.4) is 0 Å². The van der Waals surface area contributed by atoms with Crippen molar-refractivity contribution in [3.63, 3.8) is 0 Å². The number of nitrogens with one attached hydrogen (secondary N) is 2. The lowest BCUT2D eigenvalue weighted by atomic mass is 10.2. The third-order valence-corrected chi connectivity index (χ3v) is 5.77. The topological polar surface area (TPSA) is 119 Å². The molecule has 0 saturated heterocycles. The number of hydrazone groups is 1. The lowest BCUT2D eigenvalue weighted by molar-refractivity contribution is 0.252. The number of carbonyl (C=O) groups is 1.